The van der Waals surface area contributed by atoms with Gasteiger partial charge in [0.05, 0.1) is 4.87 Å². The van der Waals surface area contributed by atoms with E-state index in [0.29, 0.717) is 0 Å². The van der Waals surface area contributed by atoms with Crippen LogP contribution in [0.4, 0.5) is 0 Å². The largest absolute Gasteiger partial charge is 0.290 e. The number of carbonyl (C=O) groups excluding carboxylic acids is 1. The van der Waals surface area contributed by atoms with E-state index in [1.807, 2.05) is 33.8 Å². The van der Waals surface area contributed by atoms with Crippen LogP contribution in [-0.4, -0.2) is 10.7 Å². The maximum atomic E-state index is 11.5. The van der Waals surface area contributed by atoms with E-state index in [1.165, 1.54) is 0 Å². The van der Waals surface area contributed by atoms with Crippen molar-refractivity contribution in [2.24, 2.45) is 5.41 Å². The van der Waals surface area contributed by atoms with Gasteiger partial charge in [0.2, 0.25) is 0 Å². The highest BCUT2D eigenvalue weighted by molar-refractivity contribution is 6.28. The van der Waals surface area contributed by atoms with Gasteiger partial charge in [0.25, 0.3) is 0 Å². The van der Waals surface area contributed by atoms with Crippen molar-refractivity contribution in [1.82, 2.24) is 0 Å². The molecule has 0 fully saturated rings. The van der Waals surface area contributed by atoms with E-state index in [-0.39, 0.29) is 11.2 Å². The minimum atomic E-state index is -0.503. The lowest BCUT2D eigenvalue weighted by Crippen LogP contribution is -2.25. The number of ketones is 1. The van der Waals surface area contributed by atoms with E-state index < -0.39 is 4.87 Å². The summed E-state index contributed by atoms with van der Waals surface area (Å²) in [5.41, 5.74) is 0.672. The van der Waals surface area contributed by atoms with Crippen LogP contribution in [0.15, 0.2) is 23.8 Å². The number of halogens is 1. The molecule has 2 heteroatoms. The Labute approximate surface area is 84.5 Å². The highest BCUT2D eigenvalue weighted by Gasteiger charge is 2.29. The molecule has 0 aromatic carbocycles. The molecule has 0 N–H and O–H groups in total. The quantitative estimate of drug-likeness (QED) is 0.547. The SMILES string of the molecule is CC1(Cl)C=CC(=O)C(C(C)(C)C)=C1. The molecule has 1 rings (SSSR count). The van der Waals surface area contributed by atoms with Crippen LogP contribution in [0, 0.1) is 5.41 Å². The molecule has 0 radical (unpaired) electrons. The number of hydrogen-bond donors (Lipinski definition) is 0. The predicted molar refractivity (Wildman–Crippen MR) is 55.9 cm³/mol. The van der Waals surface area contributed by atoms with Crippen LogP contribution < -0.4 is 0 Å². The van der Waals surface area contributed by atoms with E-state index in [9.17, 15) is 4.79 Å². The number of alkyl halides is 1. The fourth-order valence-electron chi connectivity index (χ4n) is 1.32. The molecule has 0 aliphatic heterocycles. The van der Waals surface area contributed by atoms with Gasteiger partial charge in [0.1, 0.15) is 0 Å². The zero-order valence-corrected chi connectivity index (χ0v) is 9.27. The monoisotopic (exact) mass is 198 g/mol. The van der Waals surface area contributed by atoms with Gasteiger partial charge in [-0.2, -0.15) is 0 Å². The van der Waals surface area contributed by atoms with E-state index in [2.05, 4.69) is 0 Å². The molecule has 0 aromatic heterocycles. The van der Waals surface area contributed by atoms with Crippen molar-refractivity contribution >= 4 is 17.4 Å². The first kappa shape index (κ1) is 10.5. The molecule has 1 aliphatic rings. The van der Waals surface area contributed by atoms with E-state index in [0.717, 1.165) is 5.57 Å². The van der Waals surface area contributed by atoms with Crippen LogP contribution in [0.1, 0.15) is 27.7 Å². The fourth-order valence-corrected chi connectivity index (χ4v) is 1.49. The van der Waals surface area contributed by atoms with Crippen LogP contribution in [0.25, 0.3) is 0 Å². The number of hydrogen-bond acceptors (Lipinski definition) is 1. The molecule has 0 saturated carbocycles. The summed E-state index contributed by atoms with van der Waals surface area (Å²) in [6.07, 6.45) is 5.14. The van der Waals surface area contributed by atoms with Crippen molar-refractivity contribution in [1.29, 1.82) is 0 Å². The Kier molecular flexibility index (Phi) is 2.42. The minimum Gasteiger partial charge on any atom is -0.290 e. The zero-order valence-electron chi connectivity index (χ0n) is 8.52. The molecule has 1 nitrogen and oxygen atoms in total. The molecule has 0 saturated heterocycles. The normalized spacial score (nSPS) is 29.0. The van der Waals surface area contributed by atoms with Gasteiger partial charge in [-0.05, 0) is 18.4 Å². The number of rotatable bonds is 0. The second-order valence-corrected chi connectivity index (χ2v) is 5.47. The van der Waals surface area contributed by atoms with Gasteiger partial charge in [-0.3, -0.25) is 4.79 Å². The Morgan fingerprint density at radius 1 is 1.38 bits per heavy atom. The lowest BCUT2D eigenvalue weighted by molar-refractivity contribution is -0.112. The third kappa shape index (κ3) is 2.44. The average molecular weight is 199 g/mol. The first-order valence-corrected chi connectivity index (χ1v) is 4.76. The summed E-state index contributed by atoms with van der Waals surface area (Å²) in [6.45, 7) is 7.93. The molecule has 0 heterocycles. The molecule has 0 bridgehead atoms. The van der Waals surface area contributed by atoms with Crippen LogP contribution in [0.2, 0.25) is 0 Å². The van der Waals surface area contributed by atoms with Crippen molar-refractivity contribution in [3.05, 3.63) is 23.8 Å². The van der Waals surface area contributed by atoms with Crippen LogP contribution in [0.5, 0.6) is 0 Å². The first-order valence-electron chi connectivity index (χ1n) is 4.38. The molecule has 0 amide bonds. The summed E-state index contributed by atoms with van der Waals surface area (Å²) >= 11 is 6.12. The summed E-state index contributed by atoms with van der Waals surface area (Å²) in [5, 5.41) is 0. The smallest absolute Gasteiger partial charge is 0.181 e. The van der Waals surface area contributed by atoms with Gasteiger partial charge in [0, 0.05) is 5.57 Å². The molecule has 0 aromatic rings. The lowest BCUT2D eigenvalue weighted by atomic mass is 9.79. The Morgan fingerprint density at radius 2 is 1.92 bits per heavy atom. The number of carbonyl (C=O) groups is 1. The standard InChI is InChI=1S/C11H15ClO/c1-10(2,3)8-7-11(4,12)6-5-9(8)13/h5-7H,1-4H3. The molecule has 1 atom stereocenters. The second-order valence-electron chi connectivity index (χ2n) is 4.66. The zero-order chi connectivity index (χ0) is 10.3. The average Bonchev–Trinajstić information content (AvgIpc) is 1.92. The van der Waals surface area contributed by atoms with E-state index in [4.69, 9.17) is 11.6 Å². The summed E-state index contributed by atoms with van der Waals surface area (Å²) < 4.78 is 0. The van der Waals surface area contributed by atoms with Gasteiger partial charge >= 0.3 is 0 Å². The van der Waals surface area contributed by atoms with E-state index in [1.54, 1.807) is 12.2 Å². The number of allylic oxidation sites excluding steroid dienone is 4. The molecule has 13 heavy (non-hydrogen) atoms. The predicted octanol–water partition coefficient (Wildman–Crippen LogP) is 3.10. The minimum absolute atomic E-state index is 0.0747. The molecule has 1 unspecified atom stereocenters. The maximum absolute atomic E-state index is 11.5. The highest BCUT2D eigenvalue weighted by Crippen LogP contribution is 2.33. The van der Waals surface area contributed by atoms with Crippen molar-refractivity contribution in [2.75, 3.05) is 0 Å². The van der Waals surface area contributed by atoms with E-state index >= 15 is 0 Å². The Hall–Kier alpha value is -0.560. The Balaban J connectivity index is 3.10. The fraction of sp³-hybridized carbons (Fsp3) is 0.545. The summed E-state index contributed by atoms with van der Waals surface area (Å²) in [6, 6.07) is 0. The summed E-state index contributed by atoms with van der Waals surface area (Å²) in [7, 11) is 0. The van der Waals surface area contributed by atoms with Gasteiger partial charge in [0.15, 0.2) is 5.78 Å². The van der Waals surface area contributed by atoms with Crippen molar-refractivity contribution in [2.45, 2.75) is 32.6 Å². The maximum Gasteiger partial charge on any atom is 0.181 e. The van der Waals surface area contributed by atoms with Gasteiger partial charge in [-0.1, -0.05) is 32.9 Å². The molecule has 1 aliphatic carbocycles. The Bertz CT molecular complexity index is 290. The van der Waals surface area contributed by atoms with Gasteiger partial charge in [-0.25, -0.2) is 0 Å². The molecular weight excluding hydrogens is 184 g/mol. The van der Waals surface area contributed by atoms with Crippen molar-refractivity contribution in [3.63, 3.8) is 0 Å². The molecule has 0 spiro atoms. The summed E-state index contributed by atoms with van der Waals surface area (Å²) in [4.78, 5) is 11.0. The van der Waals surface area contributed by atoms with Crippen LogP contribution in [-0.2, 0) is 4.79 Å². The van der Waals surface area contributed by atoms with Crippen LogP contribution >= 0.6 is 11.6 Å². The third-order valence-corrected chi connectivity index (χ3v) is 2.30. The Morgan fingerprint density at radius 3 is 2.31 bits per heavy atom. The van der Waals surface area contributed by atoms with Crippen molar-refractivity contribution < 1.29 is 4.79 Å². The highest BCUT2D eigenvalue weighted by atomic mass is 35.5. The third-order valence-electron chi connectivity index (χ3n) is 2.06. The van der Waals surface area contributed by atoms with Crippen LogP contribution in [0.3, 0.4) is 0 Å². The molecular formula is C11H15ClO. The summed E-state index contributed by atoms with van der Waals surface area (Å²) in [5.74, 6) is 0.0747. The van der Waals surface area contributed by atoms with Gasteiger partial charge in [-0.15, -0.1) is 11.6 Å². The molecule has 72 valence electrons. The van der Waals surface area contributed by atoms with Gasteiger partial charge < -0.3 is 0 Å². The second kappa shape index (κ2) is 2.98. The first-order chi connectivity index (χ1) is 5.72. The topological polar surface area (TPSA) is 17.1 Å². The van der Waals surface area contributed by atoms with Crippen molar-refractivity contribution in [3.8, 4) is 0 Å². The lowest BCUT2D eigenvalue weighted by Gasteiger charge is -2.27.